The minimum absolute atomic E-state index is 0. The maximum Gasteiger partial charge on any atom is 0.407 e. The first-order valence-electron chi connectivity index (χ1n) is 45.5. The zero-order valence-electron chi connectivity index (χ0n) is 79.7. The first-order valence-corrected chi connectivity index (χ1v) is 49.6. The third-order valence-corrected chi connectivity index (χ3v) is 30.9. The molecule has 56 heteroatoms. The number of carboxylic acid groups (broad SMARTS) is 5. The van der Waals surface area contributed by atoms with Crippen LogP contribution in [0.4, 0.5) is 75.7 Å². The van der Waals surface area contributed by atoms with E-state index < -0.39 is 89.1 Å². The molecule has 5 aliphatic rings. The van der Waals surface area contributed by atoms with Crippen molar-refractivity contribution >= 4 is 175 Å². The molecule has 0 aromatic carbocycles. The van der Waals surface area contributed by atoms with Crippen LogP contribution in [0.2, 0.25) is 0 Å². The number of aryl methyl sites for hydroxylation is 10. The van der Waals surface area contributed by atoms with E-state index >= 15 is 0 Å². The van der Waals surface area contributed by atoms with Gasteiger partial charge in [0.2, 0.25) is 29.7 Å². The summed E-state index contributed by atoms with van der Waals surface area (Å²) in [5, 5.41) is 79.0. The Bertz CT molecular complexity index is 6530. The van der Waals surface area contributed by atoms with Crippen LogP contribution in [0.25, 0.3) is 28.2 Å². The summed E-state index contributed by atoms with van der Waals surface area (Å²) in [5.74, 6) is -5.45. The zero-order valence-corrected chi connectivity index (χ0v) is 85.2. The summed E-state index contributed by atoms with van der Waals surface area (Å²) < 4.78 is 79.8. The van der Waals surface area contributed by atoms with Gasteiger partial charge in [0, 0.05) is 108 Å². The number of thiophene rings is 5. The van der Waals surface area contributed by atoms with Gasteiger partial charge < -0.3 is 50.0 Å². The van der Waals surface area contributed by atoms with Crippen molar-refractivity contribution in [2.45, 2.75) is 163 Å². The Kier molecular flexibility index (Phi) is 32.4. The number of anilines is 5. The van der Waals surface area contributed by atoms with Crippen molar-refractivity contribution in [3.8, 4) is 0 Å². The second-order valence-corrected chi connectivity index (χ2v) is 40.4. The van der Waals surface area contributed by atoms with Crippen molar-refractivity contribution in [1.82, 2.24) is 122 Å². The summed E-state index contributed by atoms with van der Waals surface area (Å²) in [6.45, 7) is 22.1. The summed E-state index contributed by atoms with van der Waals surface area (Å²) in [4.78, 5) is 171. The molecule has 0 aliphatic carbocycles. The second-order valence-electron chi connectivity index (χ2n) is 35.0. The number of piperidine rings is 5. The summed E-state index contributed by atoms with van der Waals surface area (Å²) in [7, 11) is 0. The normalized spacial score (nSPS) is 15.0. The summed E-state index contributed by atoms with van der Waals surface area (Å²) >= 11 is 5.44. The Balaban J connectivity index is 0.000000137. The number of likely N-dealkylation sites (tertiary alicyclic amines) is 5. The van der Waals surface area contributed by atoms with Crippen LogP contribution in [0, 0.1) is 98.3 Å². The van der Waals surface area contributed by atoms with Gasteiger partial charge in [0.25, 0.3) is 29.5 Å². The molecule has 20 rings (SSSR count). The molecule has 0 bridgehead atoms. The third-order valence-electron chi connectivity index (χ3n) is 24.6. The predicted molar refractivity (Wildman–Crippen MR) is 520 cm³/mol. The Morgan fingerprint density at radius 1 is 0.260 bits per heavy atom. The molecule has 15 aromatic rings. The van der Waals surface area contributed by atoms with Gasteiger partial charge in [-0.1, -0.05) is 0 Å². The molecule has 765 valence electrons. The van der Waals surface area contributed by atoms with E-state index in [0.29, 0.717) is 186 Å². The van der Waals surface area contributed by atoms with Crippen LogP contribution in [-0.4, -0.2) is 273 Å². The molecule has 1 radical (unpaired) electrons. The van der Waals surface area contributed by atoms with Gasteiger partial charge >= 0.3 is 30.5 Å². The van der Waals surface area contributed by atoms with Gasteiger partial charge in [0.15, 0.2) is 28.2 Å². The number of aromatic nitrogens is 20. The number of halogens is 5. The molecule has 15 aromatic heterocycles. The van der Waals surface area contributed by atoms with Crippen LogP contribution in [0.3, 0.4) is 0 Å². The fourth-order valence-electron chi connectivity index (χ4n) is 17.4. The molecule has 20 heterocycles. The minimum Gasteiger partial charge on any atom is -0.465 e. The molecule has 10 amide bonds. The molecule has 10 N–H and O–H groups in total. The molecule has 5 fully saturated rings. The Labute approximate surface area is 856 Å². The van der Waals surface area contributed by atoms with Crippen molar-refractivity contribution in [3.63, 3.8) is 0 Å². The van der Waals surface area contributed by atoms with Gasteiger partial charge in [-0.05, 0) is 193 Å². The molecular weight excluding hydrogens is 2050 g/mol. The van der Waals surface area contributed by atoms with Crippen molar-refractivity contribution in [2.24, 2.45) is 0 Å². The zero-order chi connectivity index (χ0) is 104. The van der Waals surface area contributed by atoms with E-state index in [1.165, 1.54) is 77.4 Å². The molecule has 0 unspecified atom stereocenters. The number of fused-ring (bicyclic) bond motifs is 5. The van der Waals surface area contributed by atoms with Gasteiger partial charge in [0.05, 0.1) is 87.9 Å². The number of rotatable bonds is 15. The van der Waals surface area contributed by atoms with Crippen LogP contribution in [0.5, 0.6) is 0 Å². The van der Waals surface area contributed by atoms with E-state index in [1.54, 1.807) is 65.6 Å². The molecule has 146 heavy (non-hydrogen) atoms. The maximum atomic E-state index is 14.4. The van der Waals surface area contributed by atoms with Crippen LogP contribution >= 0.6 is 56.7 Å². The Morgan fingerprint density at radius 3 is 0.541 bits per heavy atom. The first kappa shape index (κ1) is 105. The number of amides is 10. The number of carbonyl (C=O) groups is 10. The van der Waals surface area contributed by atoms with E-state index in [9.17, 15) is 69.9 Å². The molecule has 5 aliphatic heterocycles. The quantitative estimate of drug-likeness (QED) is 0.0426. The van der Waals surface area contributed by atoms with Gasteiger partial charge in [-0.25, -0.2) is 68.5 Å². The van der Waals surface area contributed by atoms with Crippen LogP contribution in [0.15, 0.2) is 61.3 Å². The topological polar surface area (TPSA) is 564 Å². The maximum absolute atomic E-state index is 14.4. The number of hydrogen-bond acceptors (Lipinski definition) is 30. The van der Waals surface area contributed by atoms with Gasteiger partial charge in [-0.2, -0.15) is 24.9 Å². The van der Waals surface area contributed by atoms with Gasteiger partial charge in [0.1, 0.15) is 53.5 Å². The average Bonchev–Trinajstić information content (AvgIpc) is 1.66. The third kappa shape index (κ3) is 24.4. The summed E-state index contributed by atoms with van der Waals surface area (Å²) in [6.07, 6.45) is 9.79. The van der Waals surface area contributed by atoms with Crippen LogP contribution in [0.1, 0.15) is 223 Å². The molecule has 0 spiro atoms. The van der Waals surface area contributed by atoms with Crippen molar-refractivity contribution in [2.75, 3.05) is 92.0 Å². The number of nitrogens with zero attached hydrogens (tertiary/aromatic N) is 25. The van der Waals surface area contributed by atoms with E-state index in [0.717, 1.165) is 110 Å². The number of hydrogen-bond donors (Lipinski definition) is 10. The van der Waals surface area contributed by atoms with Gasteiger partial charge in [-0.3, -0.25) is 75.5 Å². The van der Waals surface area contributed by atoms with E-state index in [4.69, 9.17) is 25.5 Å². The number of carbonyl (C=O) groups excluding carboxylic acids is 5. The minimum atomic E-state index is -0.943. The fraction of sp³-hybridized carbons (Fsp3) is 0.389. The SMILES string of the molecule is Cc1cn2nc(NC(=O)c3sc(C4CCN(C(=O)O)CC4)cc3F)nc2c(C)n1.Cc1cn2nc(NC(=O)c3sc(C4CCN(C(=O)O)CC4)cc3F)nc2c(C)n1.Cc1cn2nc(NC(=O)c3sc(C4CCN(C(=O)O)CC4)cc3F)nc2c(C)n1.Cc1cn2nc(NC(=O)c3sc(C4CCN(C(=O)O)CC4)cc3F)nc2c(C)n1.Cc1cn2nc(NC(=O)c3sc(C4CCN(C(=O)O)CC4)cc3F)nc2c(C)n1.[V]. The molecule has 5 saturated heterocycles. The van der Waals surface area contributed by atoms with Crippen molar-refractivity contribution in [3.05, 3.63) is 196 Å². The largest absolute Gasteiger partial charge is 0.465 e. The number of nitrogens with one attached hydrogen (secondary N) is 5. The van der Waals surface area contributed by atoms with E-state index in [1.807, 2.05) is 34.6 Å². The van der Waals surface area contributed by atoms with Crippen LogP contribution < -0.4 is 26.6 Å². The van der Waals surface area contributed by atoms with Crippen molar-refractivity contribution < 1.29 is 114 Å². The monoisotopic (exact) mass is 2140 g/mol. The standard InChI is InChI=1S/5C18H19FN6O3S.V/c5*1-9-8-25-15(10(2)20-9)21-17(23-25)22-16(26)14-12(19)7-13(29-14)11-3-5-24(6-4-11)18(27)28;/h5*7-8,11H,3-6H2,1-2H3,(H,27,28)(H,22,23,26);. The van der Waals surface area contributed by atoms with Crippen LogP contribution in [-0.2, 0) is 18.6 Å². The van der Waals surface area contributed by atoms with Gasteiger partial charge in [-0.15, -0.1) is 82.2 Å². The molecule has 0 atom stereocenters. The molecule has 45 nitrogen and oxygen atoms in total. The van der Waals surface area contributed by atoms with E-state index in [2.05, 4.69) is 102 Å². The van der Waals surface area contributed by atoms with E-state index in [-0.39, 0.29) is 102 Å². The average molecular weight is 2140 g/mol. The Morgan fingerprint density at radius 2 is 0.404 bits per heavy atom. The summed E-state index contributed by atoms with van der Waals surface area (Å²) in [6, 6.07) is 6.85. The summed E-state index contributed by atoms with van der Waals surface area (Å²) in [5.41, 5.74) is 9.79. The molecule has 0 saturated carbocycles. The fourth-order valence-corrected chi connectivity index (χ4v) is 23.0. The second kappa shape index (κ2) is 44.8. The van der Waals surface area contributed by atoms with Crippen molar-refractivity contribution in [1.29, 1.82) is 0 Å². The Hall–Kier alpha value is -14.8. The molecular formula is C90H95F5N30O15S5V. The first-order chi connectivity index (χ1) is 69.1. The smallest absolute Gasteiger partial charge is 0.407 e. The predicted octanol–water partition coefficient (Wildman–Crippen LogP) is 15.3.